The van der Waals surface area contributed by atoms with Crippen LogP contribution in [0.3, 0.4) is 0 Å². The maximum atomic E-state index is 12.7. The molecule has 1 amide bonds. The number of carbonyl (C=O) groups excluding carboxylic acids is 1. The first kappa shape index (κ1) is 16.8. The lowest BCUT2D eigenvalue weighted by Gasteiger charge is -2.11. The van der Waals surface area contributed by atoms with Crippen LogP contribution in [0.25, 0.3) is 10.8 Å². The second kappa shape index (κ2) is 6.84. The van der Waals surface area contributed by atoms with E-state index < -0.39 is 17.6 Å². The molecule has 0 atom stereocenters. The Balaban J connectivity index is 1.62. The average molecular weight is 345 g/mol. The van der Waals surface area contributed by atoms with Crippen LogP contribution in [0.1, 0.15) is 5.56 Å². The van der Waals surface area contributed by atoms with Crippen molar-refractivity contribution in [3.05, 3.63) is 72.3 Å². The second-order valence-electron chi connectivity index (χ2n) is 5.42. The lowest BCUT2D eigenvalue weighted by molar-refractivity contribution is -0.137. The standard InChI is InChI=1S/C19H14F3NO2/c20-19(21,22)15-6-3-7-16(11-15)23-18(24)12-25-17-9-8-13-4-1-2-5-14(13)10-17/h1-11H,12H2,(H,23,24). The highest BCUT2D eigenvalue weighted by Crippen LogP contribution is 2.30. The van der Waals surface area contributed by atoms with Crippen LogP contribution in [0.2, 0.25) is 0 Å². The molecule has 3 rings (SSSR count). The summed E-state index contributed by atoms with van der Waals surface area (Å²) in [4.78, 5) is 11.9. The Hall–Kier alpha value is -3.02. The van der Waals surface area contributed by atoms with Gasteiger partial charge in [0.25, 0.3) is 5.91 Å². The van der Waals surface area contributed by atoms with Crippen molar-refractivity contribution in [1.82, 2.24) is 0 Å². The molecule has 3 aromatic rings. The molecule has 0 aliphatic carbocycles. The van der Waals surface area contributed by atoms with Gasteiger partial charge in [-0.15, -0.1) is 0 Å². The molecular formula is C19H14F3NO2. The van der Waals surface area contributed by atoms with Gasteiger partial charge in [0.1, 0.15) is 5.75 Å². The Labute approximate surface area is 142 Å². The van der Waals surface area contributed by atoms with Crippen LogP contribution in [0.4, 0.5) is 18.9 Å². The van der Waals surface area contributed by atoms with E-state index in [1.807, 2.05) is 30.3 Å². The maximum Gasteiger partial charge on any atom is 0.416 e. The van der Waals surface area contributed by atoms with Crippen molar-refractivity contribution >= 4 is 22.4 Å². The first-order valence-electron chi connectivity index (χ1n) is 7.50. The minimum Gasteiger partial charge on any atom is -0.484 e. The van der Waals surface area contributed by atoms with E-state index in [1.54, 1.807) is 12.1 Å². The summed E-state index contributed by atoms with van der Waals surface area (Å²) in [5, 5.41) is 4.41. The fourth-order valence-electron chi connectivity index (χ4n) is 2.38. The van der Waals surface area contributed by atoms with Crippen LogP contribution in [0.15, 0.2) is 66.7 Å². The molecule has 128 valence electrons. The van der Waals surface area contributed by atoms with E-state index in [9.17, 15) is 18.0 Å². The lowest BCUT2D eigenvalue weighted by Crippen LogP contribution is -2.20. The first-order valence-corrected chi connectivity index (χ1v) is 7.50. The zero-order chi connectivity index (χ0) is 17.9. The van der Waals surface area contributed by atoms with Gasteiger partial charge < -0.3 is 10.1 Å². The number of hydrogen-bond acceptors (Lipinski definition) is 2. The molecule has 6 heteroatoms. The molecule has 0 aromatic heterocycles. The van der Waals surface area contributed by atoms with Gasteiger partial charge in [-0.1, -0.05) is 36.4 Å². The van der Waals surface area contributed by atoms with E-state index in [4.69, 9.17) is 4.74 Å². The van der Waals surface area contributed by atoms with Gasteiger partial charge in [0.05, 0.1) is 5.56 Å². The first-order chi connectivity index (χ1) is 11.9. The highest BCUT2D eigenvalue weighted by Gasteiger charge is 2.30. The molecule has 0 heterocycles. The smallest absolute Gasteiger partial charge is 0.416 e. The zero-order valence-corrected chi connectivity index (χ0v) is 13.0. The highest BCUT2D eigenvalue weighted by molar-refractivity contribution is 5.92. The van der Waals surface area contributed by atoms with Crippen molar-refractivity contribution in [2.75, 3.05) is 11.9 Å². The van der Waals surface area contributed by atoms with Crippen LogP contribution in [-0.2, 0) is 11.0 Å². The number of carbonyl (C=O) groups is 1. The van der Waals surface area contributed by atoms with Crippen molar-refractivity contribution < 1.29 is 22.7 Å². The average Bonchev–Trinajstić information content (AvgIpc) is 2.59. The van der Waals surface area contributed by atoms with Gasteiger partial charge >= 0.3 is 6.18 Å². The quantitative estimate of drug-likeness (QED) is 0.732. The van der Waals surface area contributed by atoms with Gasteiger partial charge in [-0.05, 0) is 41.1 Å². The number of benzene rings is 3. The molecule has 0 aliphatic heterocycles. The van der Waals surface area contributed by atoms with E-state index in [1.165, 1.54) is 12.1 Å². The normalized spacial score (nSPS) is 11.3. The predicted molar refractivity (Wildman–Crippen MR) is 89.5 cm³/mol. The van der Waals surface area contributed by atoms with Gasteiger partial charge in [-0.25, -0.2) is 0 Å². The number of nitrogens with one attached hydrogen (secondary N) is 1. The lowest BCUT2D eigenvalue weighted by atomic mass is 10.1. The van der Waals surface area contributed by atoms with Crippen molar-refractivity contribution in [2.24, 2.45) is 0 Å². The van der Waals surface area contributed by atoms with Gasteiger partial charge in [0.15, 0.2) is 6.61 Å². The molecule has 1 N–H and O–H groups in total. The molecule has 0 radical (unpaired) electrons. The van der Waals surface area contributed by atoms with Gasteiger partial charge in [-0.3, -0.25) is 4.79 Å². The topological polar surface area (TPSA) is 38.3 Å². The number of fused-ring (bicyclic) bond motifs is 1. The maximum absolute atomic E-state index is 12.7. The molecule has 0 unspecified atom stereocenters. The Morgan fingerprint density at radius 3 is 2.44 bits per heavy atom. The minimum absolute atomic E-state index is 0.0712. The third kappa shape index (κ3) is 4.29. The molecule has 0 spiro atoms. The highest BCUT2D eigenvalue weighted by atomic mass is 19.4. The van der Waals surface area contributed by atoms with Crippen LogP contribution in [-0.4, -0.2) is 12.5 Å². The van der Waals surface area contributed by atoms with Gasteiger partial charge in [0.2, 0.25) is 0 Å². The number of alkyl halides is 3. The number of halogens is 3. The van der Waals surface area contributed by atoms with E-state index >= 15 is 0 Å². The van der Waals surface area contributed by atoms with Gasteiger partial charge in [0, 0.05) is 5.69 Å². The van der Waals surface area contributed by atoms with Crippen LogP contribution in [0.5, 0.6) is 5.75 Å². The van der Waals surface area contributed by atoms with Crippen LogP contribution < -0.4 is 10.1 Å². The monoisotopic (exact) mass is 345 g/mol. The molecule has 0 saturated carbocycles. The number of hydrogen-bond donors (Lipinski definition) is 1. The summed E-state index contributed by atoms with van der Waals surface area (Å²) in [6.07, 6.45) is -4.46. The van der Waals surface area contributed by atoms with Crippen LogP contribution in [0, 0.1) is 0 Å². The van der Waals surface area contributed by atoms with E-state index in [2.05, 4.69) is 5.32 Å². The van der Waals surface area contributed by atoms with E-state index in [0.29, 0.717) is 5.75 Å². The van der Waals surface area contributed by atoms with E-state index in [0.717, 1.165) is 22.9 Å². The molecule has 3 aromatic carbocycles. The van der Waals surface area contributed by atoms with Crippen molar-refractivity contribution in [2.45, 2.75) is 6.18 Å². The number of rotatable bonds is 4. The number of amides is 1. The zero-order valence-electron chi connectivity index (χ0n) is 13.0. The number of ether oxygens (including phenoxy) is 1. The molecule has 25 heavy (non-hydrogen) atoms. The third-order valence-electron chi connectivity index (χ3n) is 3.56. The Bertz CT molecular complexity index is 906. The summed E-state index contributed by atoms with van der Waals surface area (Å²) < 4.78 is 43.4. The Morgan fingerprint density at radius 1 is 0.920 bits per heavy atom. The summed E-state index contributed by atoms with van der Waals surface area (Å²) in [5.41, 5.74) is -0.748. The fourth-order valence-corrected chi connectivity index (χ4v) is 2.38. The molecular weight excluding hydrogens is 331 g/mol. The molecule has 0 bridgehead atoms. The van der Waals surface area contributed by atoms with Gasteiger partial charge in [-0.2, -0.15) is 13.2 Å². The summed E-state index contributed by atoms with van der Waals surface area (Å²) in [6, 6.07) is 17.6. The van der Waals surface area contributed by atoms with Crippen molar-refractivity contribution in [1.29, 1.82) is 0 Å². The molecule has 3 nitrogen and oxygen atoms in total. The number of anilines is 1. The Morgan fingerprint density at radius 2 is 1.68 bits per heavy atom. The molecule has 0 saturated heterocycles. The summed E-state index contributed by atoms with van der Waals surface area (Å²) in [5.74, 6) is -0.0228. The molecule has 0 fully saturated rings. The second-order valence-corrected chi connectivity index (χ2v) is 5.42. The van der Waals surface area contributed by atoms with E-state index in [-0.39, 0.29) is 12.3 Å². The minimum atomic E-state index is -4.46. The fraction of sp³-hybridized carbons (Fsp3) is 0.105. The van der Waals surface area contributed by atoms with Crippen LogP contribution >= 0.6 is 0 Å². The summed E-state index contributed by atoms with van der Waals surface area (Å²) >= 11 is 0. The largest absolute Gasteiger partial charge is 0.484 e. The Kier molecular flexibility index (Phi) is 4.61. The SMILES string of the molecule is O=C(COc1ccc2ccccc2c1)Nc1cccc(C(F)(F)F)c1. The summed E-state index contributed by atoms with van der Waals surface area (Å²) in [7, 11) is 0. The van der Waals surface area contributed by atoms with Crippen molar-refractivity contribution in [3.8, 4) is 5.75 Å². The summed E-state index contributed by atoms with van der Waals surface area (Å²) in [6.45, 7) is -0.297. The van der Waals surface area contributed by atoms with Crippen molar-refractivity contribution in [3.63, 3.8) is 0 Å². The predicted octanol–water partition coefficient (Wildman–Crippen LogP) is 4.88. The third-order valence-corrected chi connectivity index (χ3v) is 3.56. The molecule has 0 aliphatic rings.